The monoisotopic (exact) mass is 246 g/mol. The maximum absolute atomic E-state index is 6.22. The number of rotatable bonds is 2. The fourth-order valence-corrected chi connectivity index (χ4v) is 2.25. The second kappa shape index (κ2) is 3.89. The predicted octanol–water partition coefficient (Wildman–Crippen LogP) is 2.47. The zero-order valence-electron chi connectivity index (χ0n) is 9.34. The Bertz CT molecular complexity index is 668. The third-order valence-electron chi connectivity index (χ3n) is 2.86. The quantitative estimate of drug-likeness (QED) is 0.696. The largest absolute Gasteiger partial charge is 0.339 e. The summed E-state index contributed by atoms with van der Waals surface area (Å²) < 4.78 is 3.85. The molecule has 0 saturated heterocycles. The molecule has 5 heteroatoms. The van der Waals surface area contributed by atoms with Crippen LogP contribution in [0.5, 0.6) is 0 Å². The minimum Gasteiger partial charge on any atom is -0.339 e. The summed E-state index contributed by atoms with van der Waals surface area (Å²) in [7, 11) is 1.88. The van der Waals surface area contributed by atoms with Gasteiger partial charge in [0.25, 0.3) is 0 Å². The molecular weight excluding hydrogens is 236 g/mol. The number of halogens is 1. The van der Waals surface area contributed by atoms with Crippen molar-refractivity contribution in [3.63, 3.8) is 0 Å². The molecule has 0 bridgehead atoms. The first-order chi connectivity index (χ1) is 8.25. The van der Waals surface area contributed by atoms with E-state index in [0.717, 1.165) is 21.7 Å². The van der Waals surface area contributed by atoms with Gasteiger partial charge in [0.1, 0.15) is 12.2 Å². The van der Waals surface area contributed by atoms with Crippen molar-refractivity contribution in [1.29, 1.82) is 0 Å². The number of nitrogens with zero attached hydrogens (tertiary/aromatic N) is 4. The molecule has 1 aromatic carbocycles. The molecule has 17 heavy (non-hydrogen) atoms. The number of hydrogen-bond acceptors (Lipinski definition) is 2. The first-order valence-electron chi connectivity index (χ1n) is 5.32. The Hall–Kier alpha value is -1.81. The van der Waals surface area contributed by atoms with Gasteiger partial charge in [0, 0.05) is 18.6 Å². The normalized spacial score (nSPS) is 11.2. The number of benzene rings is 1. The highest BCUT2D eigenvalue weighted by Crippen LogP contribution is 2.24. The molecule has 4 nitrogen and oxygen atoms in total. The van der Waals surface area contributed by atoms with Crippen molar-refractivity contribution in [2.75, 3.05) is 0 Å². The van der Waals surface area contributed by atoms with E-state index in [1.165, 1.54) is 0 Å². The standard InChI is InChI=1S/C12H11ClN4/c1-16-11(14-8-15-16)7-17-6-5-9-3-2-4-10(13)12(9)17/h2-6,8H,7H2,1H3. The average Bonchev–Trinajstić information content (AvgIpc) is 2.89. The van der Waals surface area contributed by atoms with E-state index in [9.17, 15) is 0 Å². The van der Waals surface area contributed by atoms with Gasteiger partial charge in [-0.3, -0.25) is 4.68 Å². The number of aryl methyl sites for hydroxylation is 1. The van der Waals surface area contributed by atoms with Gasteiger partial charge in [-0.1, -0.05) is 23.7 Å². The van der Waals surface area contributed by atoms with Crippen molar-refractivity contribution < 1.29 is 0 Å². The molecule has 0 aliphatic rings. The zero-order chi connectivity index (χ0) is 11.8. The molecular formula is C12H11ClN4. The van der Waals surface area contributed by atoms with Gasteiger partial charge in [-0.15, -0.1) is 0 Å². The van der Waals surface area contributed by atoms with E-state index in [2.05, 4.69) is 20.7 Å². The van der Waals surface area contributed by atoms with E-state index in [4.69, 9.17) is 11.6 Å². The minimum atomic E-state index is 0.670. The Kier molecular flexibility index (Phi) is 2.37. The van der Waals surface area contributed by atoms with Crippen LogP contribution >= 0.6 is 11.6 Å². The van der Waals surface area contributed by atoms with E-state index in [1.54, 1.807) is 11.0 Å². The molecule has 0 fully saturated rings. The first kappa shape index (κ1) is 10.4. The molecule has 86 valence electrons. The van der Waals surface area contributed by atoms with Crippen LogP contribution in [0.15, 0.2) is 36.8 Å². The van der Waals surface area contributed by atoms with Crippen molar-refractivity contribution in [3.05, 3.63) is 47.6 Å². The Morgan fingerprint density at radius 1 is 1.29 bits per heavy atom. The summed E-state index contributed by atoms with van der Waals surface area (Å²) in [6, 6.07) is 7.96. The van der Waals surface area contributed by atoms with E-state index in [0.29, 0.717) is 6.54 Å². The molecule has 0 saturated carbocycles. The van der Waals surface area contributed by atoms with Crippen LogP contribution in [0.2, 0.25) is 5.02 Å². The van der Waals surface area contributed by atoms with Crippen LogP contribution in [0.4, 0.5) is 0 Å². The second-order valence-electron chi connectivity index (χ2n) is 3.92. The summed E-state index contributed by atoms with van der Waals surface area (Å²) in [6.07, 6.45) is 3.58. The van der Waals surface area contributed by atoms with Gasteiger partial charge in [-0.25, -0.2) is 4.98 Å². The Morgan fingerprint density at radius 2 is 2.18 bits per heavy atom. The summed E-state index contributed by atoms with van der Waals surface area (Å²) in [4.78, 5) is 4.22. The molecule has 0 N–H and O–H groups in total. The van der Waals surface area contributed by atoms with Crippen molar-refractivity contribution in [1.82, 2.24) is 19.3 Å². The molecule has 2 heterocycles. The molecule has 0 spiro atoms. The van der Waals surface area contributed by atoms with Gasteiger partial charge in [-0.05, 0) is 12.1 Å². The number of hydrogen-bond donors (Lipinski definition) is 0. The van der Waals surface area contributed by atoms with Crippen LogP contribution in [0.3, 0.4) is 0 Å². The van der Waals surface area contributed by atoms with Crippen molar-refractivity contribution in [2.24, 2.45) is 7.05 Å². The van der Waals surface area contributed by atoms with E-state index in [-0.39, 0.29) is 0 Å². The molecule has 3 rings (SSSR count). The highest BCUT2D eigenvalue weighted by Gasteiger charge is 2.07. The van der Waals surface area contributed by atoms with E-state index < -0.39 is 0 Å². The highest BCUT2D eigenvalue weighted by atomic mass is 35.5. The number of fused-ring (bicyclic) bond motifs is 1. The summed E-state index contributed by atoms with van der Waals surface area (Å²) in [5, 5.41) is 5.96. The lowest BCUT2D eigenvalue weighted by atomic mass is 10.2. The van der Waals surface area contributed by atoms with E-state index in [1.807, 2.05) is 31.4 Å². The second-order valence-corrected chi connectivity index (χ2v) is 4.33. The molecule has 0 atom stereocenters. The molecule has 0 aliphatic heterocycles. The van der Waals surface area contributed by atoms with Gasteiger partial charge in [0.05, 0.1) is 17.1 Å². The van der Waals surface area contributed by atoms with Gasteiger partial charge < -0.3 is 4.57 Å². The summed E-state index contributed by atoms with van der Waals surface area (Å²) in [5.74, 6) is 0.905. The third-order valence-corrected chi connectivity index (χ3v) is 3.16. The van der Waals surface area contributed by atoms with Crippen LogP contribution in [0.1, 0.15) is 5.82 Å². The van der Waals surface area contributed by atoms with Gasteiger partial charge in [0.15, 0.2) is 0 Å². The summed E-state index contributed by atoms with van der Waals surface area (Å²) in [5.41, 5.74) is 1.04. The molecule has 2 aromatic heterocycles. The molecule has 0 radical (unpaired) electrons. The van der Waals surface area contributed by atoms with Crippen LogP contribution in [-0.4, -0.2) is 19.3 Å². The Morgan fingerprint density at radius 3 is 2.94 bits per heavy atom. The molecule has 0 unspecified atom stereocenters. The third kappa shape index (κ3) is 1.70. The van der Waals surface area contributed by atoms with Crippen LogP contribution in [0, 0.1) is 0 Å². The summed E-state index contributed by atoms with van der Waals surface area (Å²) in [6.45, 7) is 0.670. The van der Waals surface area contributed by atoms with Gasteiger partial charge >= 0.3 is 0 Å². The lowest BCUT2D eigenvalue weighted by molar-refractivity contribution is 0.664. The van der Waals surface area contributed by atoms with Gasteiger partial charge in [-0.2, -0.15) is 5.10 Å². The number of aromatic nitrogens is 4. The predicted molar refractivity (Wildman–Crippen MR) is 67.1 cm³/mol. The fraction of sp³-hybridized carbons (Fsp3) is 0.167. The van der Waals surface area contributed by atoms with Crippen molar-refractivity contribution in [2.45, 2.75) is 6.54 Å². The SMILES string of the molecule is Cn1ncnc1Cn1ccc2cccc(Cl)c21. The fourth-order valence-electron chi connectivity index (χ4n) is 1.96. The molecule has 0 amide bonds. The Balaban J connectivity index is 2.10. The maximum Gasteiger partial charge on any atom is 0.146 e. The lowest BCUT2D eigenvalue weighted by Crippen LogP contribution is -2.05. The minimum absolute atomic E-state index is 0.670. The molecule has 3 aromatic rings. The first-order valence-corrected chi connectivity index (χ1v) is 5.70. The van der Waals surface area contributed by atoms with Crippen LogP contribution < -0.4 is 0 Å². The highest BCUT2D eigenvalue weighted by molar-refractivity contribution is 6.35. The Labute approximate surface area is 103 Å². The smallest absolute Gasteiger partial charge is 0.146 e. The maximum atomic E-state index is 6.22. The molecule has 0 aliphatic carbocycles. The average molecular weight is 247 g/mol. The van der Waals surface area contributed by atoms with E-state index >= 15 is 0 Å². The van der Waals surface area contributed by atoms with Crippen LogP contribution in [0.25, 0.3) is 10.9 Å². The van der Waals surface area contributed by atoms with Crippen molar-refractivity contribution >= 4 is 22.5 Å². The topological polar surface area (TPSA) is 35.6 Å². The van der Waals surface area contributed by atoms with Gasteiger partial charge in [0.2, 0.25) is 0 Å². The number of para-hydroxylation sites is 1. The van der Waals surface area contributed by atoms with Crippen LogP contribution in [-0.2, 0) is 13.6 Å². The van der Waals surface area contributed by atoms with Crippen molar-refractivity contribution in [3.8, 4) is 0 Å². The summed E-state index contributed by atoms with van der Waals surface area (Å²) >= 11 is 6.22. The lowest BCUT2D eigenvalue weighted by Gasteiger charge is -2.05. The zero-order valence-corrected chi connectivity index (χ0v) is 10.1.